The number of imidazole rings is 1. The van der Waals surface area contributed by atoms with E-state index in [1.807, 2.05) is 24.3 Å². The summed E-state index contributed by atoms with van der Waals surface area (Å²) in [4.78, 5) is 7.95. The quantitative estimate of drug-likeness (QED) is 0.493. The number of fused-ring (bicyclic) bond motifs is 2. The number of benzene rings is 3. The minimum atomic E-state index is 0.694. The highest BCUT2D eigenvalue weighted by molar-refractivity contribution is 9.10. The lowest BCUT2D eigenvalue weighted by molar-refractivity contribution is 1.34. The van der Waals surface area contributed by atoms with Crippen molar-refractivity contribution in [3.63, 3.8) is 0 Å². The summed E-state index contributed by atoms with van der Waals surface area (Å²) in [5.41, 5.74) is 9.50. The van der Waals surface area contributed by atoms with Crippen LogP contribution in [0.2, 0.25) is 0 Å². The number of aromatic amines is 1. The van der Waals surface area contributed by atoms with Crippen molar-refractivity contribution >= 4 is 43.4 Å². The number of para-hydroxylation sites is 1. The van der Waals surface area contributed by atoms with Gasteiger partial charge in [0.05, 0.1) is 11.2 Å². The number of anilines is 1. The summed E-state index contributed by atoms with van der Waals surface area (Å²) in [6, 6.07) is 18.3. The fraction of sp³-hybridized carbons (Fsp3) is 0. The molecule has 0 saturated carbocycles. The third-order valence-electron chi connectivity index (χ3n) is 3.62. The van der Waals surface area contributed by atoms with Gasteiger partial charge in [0.1, 0.15) is 11.3 Å². The van der Waals surface area contributed by atoms with E-state index in [-0.39, 0.29) is 0 Å². The standard InChI is InChI=1S/C17H12BrN3/c18-13-7-6-10-8-12(5-4-11(10)9-13)17-20-15-3-1-2-14(19)16(15)21-17/h1-9H,19H2,(H,20,21). The van der Waals surface area contributed by atoms with Crippen molar-refractivity contribution in [3.8, 4) is 11.4 Å². The number of aromatic nitrogens is 2. The van der Waals surface area contributed by atoms with Gasteiger partial charge in [-0.1, -0.05) is 40.2 Å². The van der Waals surface area contributed by atoms with Gasteiger partial charge in [-0.15, -0.1) is 0 Å². The minimum absolute atomic E-state index is 0.694. The zero-order valence-electron chi connectivity index (χ0n) is 11.1. The summed E-state index contributed by atoms with van der Waals surface area (Å²) < 4.78 is 1.08. The molecule has 0 aliphatic carbocycles. The van der Waals surface area contributed by atoms with Crippen LogP contribution < -0.4 is 5.73 Å². The van der Waals surface area contributed by atoms with Crippen LogP contribution in [0.4, 0.5) is 5.69 Å². The van der Waals surface area contributed by atoms with Crippen LogP contribution in [0, 0.1) is 0 Å². The maximum atomic E-state index is 5.97. The average molecular weight is 338 g/mol. The van der Waals surface area contributed by atoms with E-state index in [1.165, 1.54) is 10.8 Å². The van der Waals surface area contributed by atoms with Gasteiger partial charge in [0.15, 0.2) is 0 Å². The summed E-state index contributed by atoms with van der Waals surface area (Å²) >= 11 is 3.49. The molecule has 3 nitrogen and oxygen atoms in total. The number of nitrogens with one attached hydrogen (secondary N) is 1. The third-order valence-corrected chi connectivity index (χ3v) is 4.11. The van der Waals surface area contributed by atoms with E-state index in [9.17, 15) is 0 Å². The Bertz CT molecular complexity index is 972. The zero-order valence-corrected chi connectivity index (χ0v) is 12.7. The summed E-state index contributed by atoms with van der Waals surface area (Å²) in [6.45, 7) is 0. The van der Waals surface area contributed by atoms with Gasteiger partial charge in [0.25, 0.3) is 0 Å². The van der Waals surface area contributed by atoms with Crippen molar-refractivity contribution in [2.45, 2.75) is 0 Å². The van der Waals surface area contributed by atoms with Crippen molar-refractivity contribution in [1.29, 1.82) is 0 Å². The minimum Gasteiger partial charge on any atom is -0.397 e. The largest absolute Gasteiger partial charge is 0.397 e. The van der Waals surface area contributed by atoms with E-state index >= 15 is 0 Å². The Kier molecular flexibility index (Phi) is 2.72. The molecule has 0 spiro atoms. The molecule has 0 amide bonds. The molecule has 3 N–H and O–H groups in total. The molecule has 0 atom stereocenters. The molecule has 0 bridgehead atoms. The highest BCUT2D eigenvalue weighted by Gasteiger charge is 2.08. The predicted molar refractivity (Wildman–Crippen MR) is 91.1 cm³/mol. The van der Waals surface area contributed by atoms with Crippen LogP contribution in [0.15, 0.2) is 59.1 Å². The van der Waals surface area contributed by atoms with E-state index in [2.05, 4.69) is 56.2 Å². The Labute approximate surface area is 129 Å². The topological polar surface area (TPSA) is 54.7 Å². The molecule has 4 aromatic rings. The first-order valence-corrected chi connectivity index (χ1v) is 7.44. The molecule has 1 aromatic heterocycles. The Hall–Kier alpha value is -2.33. The SMILES string of the molecule is Nc1cccc2[nH]c(-c3ccc4cc(Br)ccc4c3)nc12. The maximum Gasteiger partial charge on any atom is 0.138 e. The van der Waals surface area contributed by atoms with Crippen molar-refractivity contribution in [2.75, 3.05) is 5.73 Å². The van der Waals surface area contributed by atoms with Gasteiger partial charge in [-0.3, -0.25) is 0 Å². The molecule has 0 radical (unpaired) electrons. The lowest BCUT2D eigenvalue weighted by atomic mass is 10.1. The fourth-order valence-electron chi connectivity index (χ4n) is 2.55. The highest BCUT2D eigenvalue weighted by Crippen LogP contribution is 2.27. The lowest BCUT2D eigenvalue weighted by Gasteiger charge is -2.02. The molecule has 3 aromatic carbocycles. The normalized spacial score (nSPS) is 11.3. The summed E-state index contributed by atoms with van der Waals surface area (Å²) in [5.74, 6) is 0.840. The summed E-state index contributed by atoms with van der Waals surface area (Å²) in [6.07, 6.45) is 0. The number of H-pyrrole nitrogens is 1. The Morgan fingerprint density at radius 1 is 0.952 bits per heavy atom. The van der Waals surface area contributed by atoms with Crippen molar-refractivity contribution in [2.24, 2.45) is 0 Å². The van der Waals surface area contributed by atoms with Crippen molar-refractivity contribution < 1.29 is 0 Å². The molecule has 4 heteroatoms. The molecule has 21 heavy (non-hydrogen) atoms. The summed E-state index contributed by atoms with van der Waals surface area (Å²) in [7, 11) is 0. The zero-order chi connectivity index (χ0) is 14.4. The van der Waals surface area contributed by atoms with Gasteiger partial charge < -0.3 is 10.7 Å². The molecule has 0 aliphatic heterocycles. The molecule has 1 heterocycles. The molecule has 0 unspecified atom stereocenters. The number of halogens is 1. The van der Waals surface area contributed by atoms with Gasteiger partial charge in [-0.05, 0) is 41.1 Å². The predicted octanol–water partition coefficient (Wildman–Crippen LogP) is 4.73. The van der Waals surface area contributed by atoms with E-state index in [0.717, 1.165) is 26.9 Å². The Morgan fingerprint density at radius 3 is 2.62 bits per heavy atom. The first kappa shape index (κ1) is 12.4. The molecular weight excluding hydrogens is 326 g/mol. The number of hydrogen-bond donors (Lipinski definition) is 2. The molecule has 0 fully saturated rings. The van der Waals surface area contributed by atoms with Crippen LogP contribution in [0.5, 0.6) is 0 Å². The van der Waals surface area contributed by atoms with Crippen LogP contribution in [0.1, 0.15) is 0 Å². The van der Waals surface area contributed by atoms with E-state index in [1.54, 1.807) is 0 Å². The van der Waals surface area contributed by atoms with Gasteiger partial charge in [0.2, 0.25) is 0 Å². The molecule has 0 saturated heterocycles. The third kappa shape index (κ3) is 2.08. The second kappa shape index (κ2) is 4.60. The smallest absolute Gasteiger partial charge is 0.138 e. The second-order valence-electron chi connectivity index (χ2n) is 5.04. The summed E-state index contributed by atoms with van der Waals surface area (Å²) in [5, 5.41) is 2.38. The first-order valence-electron chi connectivity index (χ1n) is 6.64. The number of nitrogens with zero attached hydrogens (tertiary/aromatic N) is 1. The molecule has 0 aliphatic rings. The van der Waals surface area contributed by atoms with Crippen LogP contribution in [-0.4, -0.2) is 9.97 Å². The van der Waals surface area contributed by atoms with Crippen LogP contribution in [0.25, 0.3) is 33.2 Å². The van der Waals surface area contributed by atoms with E-state index in [4.69, 9.17) is 5.73 Å². The monoisotopic (exact) mass is 337 g/mol. The van der Waals surface area contributed by atoms with Crippen LogP contribution >= 0.6 is 15.9 Å². The molecule has 4 rings (SSSR count). The first-order chi connectivity index (χ1) is 10.2. The highest BCUT2D eigenvalue weighted by atomic mass is 79.9. The van der Waals surface area contributed by atoms with Gasteiger partial charge in [-0.25, -0.2) is 4.98 Å². The lowest BCUT2D eigenvalue weighted by Crippen LogP contribution is -1.85. The van der Waals surface area contributed by atoms with Gasteiger partial charge >= 0.3 is 0 Å². The van der Waals surface area contributed by atoms with E-state index < -0.39 is 0 Å². The van der Waals surface area contributed by atoms with Crippen molar-refractivity contribution in [1.82, 2.24) is 9.97 Å². The van der Waals surface area contributed by atoms with Gasteiger partial charge in [0, 0.05) is 10.0 Å². The number of nitrogen functional groups attached to an aromatic ring is 1. The van der Waals surface area contributed by atoms with Crippen LogP contribution in [-0.2, 0) is 0 Å². The maximum absolute atomic E-state index is 5.97. The number of rotatable bonds is 1. The Balaban J connectivity index is 1.91. The Morgan fingerprint density at radius 2 is 1.76 bits per heavy atom. The second-order valence-corrected chi connectivity index (χ2v) is 5.95. The number of hydrogen-bond acceptors (Lipinski definition) is 2. The van der Waals surface area contributed by atoms with Crippen LogP contribution in [0.3, 0.4) is 0 Å². The fourth-order valence-corrected chi connectivity index (χ4v) is 2.93. The average Bonchev–Trinajstić information content (AvgIpc) is 2.92. The van der Waals surface area contributed by atoms with Gasteiger partial charge in [-0.2, -0.15) is 0 Å². The van der Waals surface area contributed by atoms with Crippen molar-refractivity contribution in [3.05, 3.63) is 59.1 Å². The number of nitrogens with two attached hydrogens (primary N) is 1. The molecule has 102 valence electrons. The molecular formula is C17H12BrN3. The van der Waals surface area contributed by atoms with E-state index in [0.29, 0.717) is 5.69 Å².